The standard InChI is InChI=1S/C14H16O3/c1-3-17-14(16)6-4-5-12-8-7-11(2)13(9-12)10-15/h7-9,15H,3,6,10H2,1-2H3. The van der Waals surface area contributed by atoms with E-state index in [-0.39, 0.29) is 19.0 Å². The first-order valence-corrected chi connectivity index (χ1v) is 5.52. The molecule has 0 bridgehead atoms. The number of aryl methyl sites for hydroxylation is 1. The van der Waals surface area contributed by atoms with Gasteiger partial charge in [-0.2, -0.15) is 0 Å². The molecule has 0 spiro atoms. The Morgan fingerprint density at radius 1 is 1.47 bits per heavy atom. The lowest BCUT2D eigenvalue weighted by Crippen LogP contribution is -2.01. The number of aliphatic hydroxyl groups is 1. The maximum atomic E-state index is 11.0. The monoisotopic (exact) mass is 232 g/mol. The molecule has 0 saturated heterocycles. The van der Waals surface area contributed by atoms with Crippen LogP contribution in [0.5, 0.6) is 0 Å². The van der Waals surface area contributed by atoms with Crippen LogP contribution < -0.4 is 0 Å². The van der Waals surface area contributed by atoms with E-state index in [4.69, 9.17) is 9.84 Å². The van der Waals surface area contributed by atoms with E-state index in [1.54, 1.807) is 6.92 Å². The molecule has 1 aromatic carbocycles. The Morgan fingerprint density at radius 2 is 2.24 bits per heavy atom. The molecule has 1 rings (SSSR count). The number of esters is 1. The third-order valence-electron chi connectivity index (χ3n) is 2.29. The van der Waals surface area contributed by atoms with Crippen LogP contribution in [-0.4, -0.2) is 17.7 Å². The molecule has 0 heterocycles. The van der Waals surface area contributed by atoms with Gasteiger partial charge in [0.1, 0.15) is 6.42 Å². The van der Waals surface area contributed by atoms with Gasteiger partial charge in [0.15, 0.2) is 0 Å². The Morgan fingerprint density at radius 3 is 2.88 bits per heavy atom. The van der Waals surface area contributed by atoms with Crippen molar-refractivity contribution in [3.8, 4) is 11.8 Å². The molecule has 17 heavy (non-hydrogen) atoms. The third-order valence-corrected chi connectivity index (χ3v) is 2.29. The van der Waals surface area contributed by atoms with Crippen LogP contribution in [0, 0.1) is 18.8 Å². The fourth-order valence-corrected chi connectivity index (χ4v) is 1.35. The highest BCUT2D eigenvalue weighted by Gasteiger charge is 1.98. The van der Waals surface area contributed by atoms with E-state index in [9.17, 15) is 4.79 Å². The summed E-state index contributed by atoms with van der Waals surface area (Å²) >= 11 is 0. The first kappa shape index (κ1) is 13.3. The van der Waals surface area contributed by atoms with Crippen molar-refractivity contribution < 1.29 is 14.6 Å². The van der Waals surface area contributed by atoms with Crippen molar-refractivity contribution >= 4 is 5.97 Å². The van der Waals surface area contributed by atoms with Crippen molar-refractivity contribution in [1.29, 1.82) is 0 Å². The maximum absolute atomic E-state index is 11.0. The summed E-state index contributed by atoms with van der Waals surface area (Å²) in [4.78, 5) is 11.0. The van der Waals surface area contributed by atoms with Gasteiger partial charge in [0.25, 0.3) is 0 Å². The predicted molar refractivity (Wildman–Crippen MR) is 65.2 cm³/mol. The van der Waals surface area contributed by atoms with Gasteiger partial charge in [-0.15, -0.1) is 0 Å². The molecule has 90 valence electrons. The van der Waals surface area contributed by atoms with Gasteiger partial charge in [-0.05, 0) is 37.1 Å². The molecule has 0 aliphatic carbocycles. The average molecular weight is 232 g/mol. The molecule has 0 saturated carbocycles. The third kappa shape index (κ3) is 4.29. The normalized spacial score (nSPS) is 9.35. The summed E-state index contributed by atoms with van der Waals surface area (Å²) in [6.45, 7) is 4.07. The quantitative estimate of drug-likeness (QED) is 0.638. The molecule has 0 unspecified atom stereocenters. The van der Waals surface area contributed by atoms with Gasteiger partial charge >= 0.3 is 5.97 Å². The molecular formula is C14H16O3. The number of carbonyl (C=O) groups excluding carboxylic acids is 1. The van der Waals surface area contributed by atoms with Gasteiger partial charge in [0.05, 0.1) is 13.2 Å². The minimum atomic E-state index is -0.311. The highest BCUT2D eigenvalue weighted by Crippen LogP contribution is 2.10. The smallest absolute Gasteiger partial charge is 0.317 e. The summed E-state index contributed by atoms with van der Waals surface area (Å²) in [6, 6.07) is 5.60. The second-order valence-electron chi connectivity index (χ2n) is 3.58. The molecule has 0 fully saturated rings. The topological polar surface area (TPSA) is 46.5 Å². The molecule has 0 aliphatic heterocycles. The van der Waals surface area contributed by atoms with Crippen LogP contribution >= 0.6 is 0 Å². The molecule has 0 aliphatic rings. The van der Waals surface area contributed by atoms with Crippen molar-refractivity contribution in [2.24, 2.45) is 0 Å². The Labute approximate surface area is 101 Å². The largest absolute Gasteiger partial charge is 0.465 e. The van der Waals surface area contributed by atoms with Gasteiger partial charge in [-0.3, -0.25) is 4.79 Å². The zero-order valence-electron chi connectivity index (χ0n) is 10.1. The molecule has 0 atom stereocenters. The van der Waals surface area contributed by atoms with E-state index >= 15 is 0 Å². The van der Waals surface area contributed by atoms with Crippen LogP contribution in [0.15, 0.2) is 18.2 Å². The first-order chi connectivity index (χ1) is 8.17. The minimum Gasteiger partial charge on any atom is -0.465 e. The molecule has 0 radical (unpaired) electrons. The van der Waals surface area contributed by atoms with E-state index in [1.165, 1.54) is 0 Å². The van der Waals surface area contributed by atoms with Crippen LogP contribution in [0.2, 0.25) is 0 Å². The van der Waals surface area contributed by atoms with Crippen molar-refractivity contribution in [3.05, 3.63) is 34.9 Å². The van der Waals surface area contributed by atoms with Crippen molar-refractivity contribution in [3.63, 3.8) is 0 Å². The van der Waals surface area contributed by atoms with Crippen molar-refractivity contribution in [2.75, 3.05) is 6.61 Å². The van der Waals surface area contributed by atoms with Crippen LogP contribution in [0.1, 0.15) is 30.0 Å². The summed E-state index contributed by atoms with van der Waals surface area (Å²) < 4.78 is 4.76. The zero-order valence-corrected chi connectivity index (χ0v) is 10.1. The lowest BCUT2D eigenvalue weighted by atomic mass is 10.1. The van der Waals surface area contributed by atoms with E-state index in [1.807, 2.05) is 25.1 Å². The number of aliphatic hydroxyl groups excluding tert-OH is 1. The lowest BCUT2D eigenvalue weighted by Gasteiger charge is -2.01. The molecule has 0 amide bonds. The van der Waals surface area contributed by atoms with Gasteiger partial charge in [0.2, 0.25) is 0 Å². The van der Waals surface area contributed by atoms with Crippen LogP contribution in [0.3, 0.4) is 0 Å². The second-order valence-corrected chi connectivity index (χ2v) is 3.58. The van der Waals surface area contributed by atoms with Crippen LogP contribution in [0.25, 0.3) is 0 Å². The van der Waals surface area contributed by atoms with Crippen LogP contribution in [-0.2, 0) is 16.1 Å². The summed E-state index contributed by atoms with van der Waals surface area (Å²) in [5.74, 6) is 5.31. The van der Waals surface area contributed by atoms with E-state index in [0.717, 1.165) is 16.7 Å². The highest BCUT2D eigenvalue weighted by molar-refractivity contribution is 5.72. The summed E-state index contributed by atoms with van der Waals surface area (Å²) in [5.41, 5.74) is 2.68. The van der Waals surface area contributed by atoms with E-state index < -0.39 is 0 Å². The average Bonchev–Trinajstić information content (AvgIpc) is 2.31. The van der Waals surface area contributed by atoms with E-state index in [0.29, 0.717) is 6.61 Å². The zero-order chi connectivity index (χ0) is 12.7. The fraction of sp³-hybridized carbons (Fsp3) is 0.357. The number of benzene rings is 1. The highest BCUT2D eigenvalue weighted by atomic mass is 16.5. The van der Waals surface area contributed by atoms with Crippen molar-refractivity contribution in [1.82, 2.24) is 0 Å². The number of hydrogen-bond donors (Lipinski definition) is 1. The van der Waals surface area contributed by atoms with E-state index in [2.05, 4.69) is 11.8 Å². The lowest BCUT2D eigenvalue weighted by molar-refractivity contribution is -0.141. The molecule has 3 heteroatoms. The van der Waals surface area contributed by atoms with Crippen molar-refractivity contribution in [2.45, 2.75) is 26.9 Å². The van der Waals surface area contributed by atoms with Gasteiger partial charge in [0, 0.05) is 5.56 Å². The van der Waals surface area contributed by atoms with Gasteiger partial charge < -0.3 is 9.84 Å². The molecule has 0 aromatic heterocycles. The van der Waals surface area contributed by atoms with Gasteiger partial charge in [-0.25, -0.2) is 0 Å². The molecular weight excluding hydrogens is 216 g/mol. The molecule has 1 aromatic rings. The summed E-state index contributed by atoms with van der Waals surface area (Å²) in [5, 5.41) is 9.10. The Balaban J connectivity index is 2.69. The Bertz CT molecular complexity index is 452. The number of carbonyl (C=O) groups is 1. The molecule has 1 N–H and O–H groups in total. The van der Waals surface area contributed by atoms with Crippen LogP contribution in [0.4, 0.5) is 0 Å². The second kappa shape index (κ2) is 6.72. The SMILES string of the molecule is CCOC(=O)CC#Cc1ccc(C)c(CO)c1. The minimum absolute atomic E-state index is 0.000764. The van der Waals surface area contributed by atoms with Gasteiger partial charge in [-0.1, -0.05) is 17.9 Å². The number of rotatable bonds is 3. The predicted octanol–water partition coefficient (Wildman–Crippen LogP) is 1.79. The summed E-state index contributed by atoms with van der Waals surface area (Å²) in [6.07, 6.45) is 0.0934. The Kier molecular flexibility index (Phi) is 5.25. The first-order valence-electron chi connectivity index (χ1n) is 5.52. The molecule has 3 nitrogen and oxygen atoms in total. The number of ether oxygens (including phenoxy) is 1. The fourth-order valence-electron chi connectivity index (χ4n) is 1.35. The summed E-state index contributed by atoms with van der Waals surface area (Å²) in [7, 11) is 0. The number of hydrogen-bond acceptors (Lipinski definition) is 3. The maximum Gasteiger partial charge on any atom is 0.317 e. The Hall–Kier alpha value is -1.79.